The maximum atomic E-state index is 9.12. The van der Waals surface area contributed by atoms with Gasteiger partial charge in [-0.2, -0.15) is 5.26 Å². The summed E-state index contributed by atoms with van der Waals surface area (Å²) in [4.78, 5) is 0. The number of nitriles is 1. The standard InChI is InChI=1S/C15H23N/c1-10-8-15(6,7)13(11(2)9-16)12(10)14(3,4)5/h12-13H,1-2,8H2,3-7H3. The molecule has 1 nitrogen and oxygen atoms in total. The third-order valence-electron chi connectivity index (χ3n) is 3.75. The predicted octanol–water partition coefficient (Wildman–Crippen LogP) is 4.33. The highest BCUT2D eigenvalue weighted by molar-refractivity contribution is 5.32. The van der Waals surface area contributed by atoms with Crippen LogP contribution in [0.1, 0.15) is 41.0 Å². The van der Waals surface area contributed by atoms with E-state index in [0.717, 1.165) is 6.42 Å². The highest BCUT2D eigenvalue weighted by atomic mass is 14.5. The molecule has 0 N–H and O–H groups in total. The first-order chi connectivity index (χ1) is 7.11. The summed E-state index contributed by atoms with van der Waals surface area (Å²) in [6, 6.07) is 2.25. The van der Waals surface area contributed by atoms with Gasteiger partial charge in [-0.25, -0.2) is 0 Å². The third-order valence-corrected chi connectivity index (χ3v) is 3.75. The molecule has 2 atom stereocenters. The Morgan fingerprint density at radius 2 is 1.94 bits per heavy atom. The second-order valence-electron chi connectivity index (χ2n) is 6.78. The van der Waals surface area contributed by atoms with Gasteiger partial charge in [0, 0.05) is 11.5 Å². The topological polar surface area (TPSA) is 23.8 Å². The van der Waals surface area contributed by atoms with Crippen molar-refractivity contribution < 1.29 is 0 Å². The van der Waals surface area contributed by atoms with Gasteiger partial charge in [0.15, 0.2) is 0 Å². The summed E-state index contributed by atoms with van der Waals surface area (Å²) < 4.78 is 0. The van der Waals surface area contributed by atoms with Crippen molar-refractivity contribution >= 4 is 0 Å². The molecular weight excluding hydrogens is 194 g/mol. The molecule has 1 aliphatic carbocycles. The molecule has 0 aliphatic heterocycles. The Bertz CT molecular complexity index is 360. The van der Waals surface area contributed by atoms with Crippen molar-refractivity contribution in [2.75, 3.05) is 0 Å². The van der Waals surface area contributed by atoms with Crippen LogP contribution >= 0.6 is 0 Å². The summed E-state index contributed by atoms with van der Waals surface area (Å²) in [7, 11) is 0. The molecule has 0 aromatic carbocycles. The molecule has 16 heavy (non-hydrogen) atoms. The van der Waals surface area contributed by atoms with Crippen molar-refractivity contribution in [3.63, 3.8) is 0 Å². The third kappa shape index (κ3) is 2.07. The highest BCUT2D eigenvalue weighted by Gasteiger charge is 2.49. The van der Waals surface area contributed by atoms with Crippen LogP contribution in [0.4, 0.5) is 0 Å². The molecule has 0 aromatic rings. The predicted molar refractivity (Wildman–Crippen MR) is 68.7 cm³/mol. The molecule has 1 saturated carbocycles. The van der Waals surface area contributed by atoms with E-state index < -0.39 is 0 Å². The Balaban J connectivity index is 3.22. The van der Waals surface area contributed by atoms with Crippen molar-refractivity contribution in [1.29, 1.82) is 5.26 Å². The van der Waals surface area contributed by atoms with E-state index in [2.05, 4.69) is 53.8 Å². The number of rotatable bonds is 1. The van der Waals surface area contributed by atoms with Crippen molar-refractivity contribution in [2.24, 2.45) is 22.7 Å². The van der Waals surface area contributed by atoms with Crippen LogP contribution in [-0.4, -0.2) is 0 Å². The summed E-state index contributed by atoms with van der Waals surface area (Å²) in [6.07, 6.45) is 1.00. The normalized spacial score (nSPS) is 28.9. The second-order valence-corrected chi connectivity index (χ2v) is 6.78. The van der Waals surface area contributed by atoms with Crippen LogP contribution in [-0.2, 0) is 0 Å². The molecule has 2 unspecified atom stereocenters. The number of hydrogen-bond acceptors (Lipinski definition) is 1. The van der Waals surface area contributed by atoms with Crippen LogP contribution in [0.5, 0.6) is 0 Å². The molecule has 1 aliphatic rings. The van der Waals surface area contributed by atoms with Crippen LogP contribution < -0.4 is 0 Å². The van der Waals surface area contributed by atoms with E-state index in [1.54, 1.807) is 0 Å². The number of allylic oxidation sites excluding steroid dienone is 2. The maximum absolute atomic E-state index is 9.12. The van der Waals surface area contributed by atoms with Gasteiger partial charge in [0.2, 0.25) is 0 Å². The minimum Gasteiger partial charge on any atom is -0.193 e. The SMILES string of the molecule is C=C1CC(C)(C)C(C(=C)C#N)C1C(C)(C)C. The Labute approximate surface area is 99.9 Å². The lowest BCUT2D eigenvalue weighted by Gasteiger charge is -2.37. The van der Waals surface area contributed by atoms with Gasteiger partial charge >= 0.3 is 0 Å². The fraction of sp³-hybridized carbons (Fsp3) is 0.667. The molecular formula is C15H23N. The molecule has 0 saturated heterocycles. The van der Waals surface area contributed by atoms with Gasteiger partial charge in [-0.3, -0.25) is 0 Å². The Morgan fingerprint density at radius 1 is 1.44 bits per heavy atom. The average Bonchev–Trinajstić information content (AvgIpc) is 2.33. The largest absolute Gasteiger partial charge is 0.193 e. The van der Waals surface area contributed by atoms with Crippen LogP contribution in [0.2, 0.25) is 0 Å². The zero-order valence-corrected chi connectivity index (χ0v) is 11.2. The lowest BCUT2D eigenvalue weighted by Crippen LogP contribution is -2.31. The van der Waals surface area contributed by atoms with Crippen molar-refractivity contribution in [2.45, 2.75) is 41.0 Å². The van der Waals surface area contributed by atoms with Crippen molar-refractivity contribution in [3.05, 3.63) is 24.3 Å². The molecule has 0 amide bonds. The second kappa shape index (κ2) is 3.77. The van der Waals surface area contributed by atoms with Crippen molar-refractivity contribution in [3.8, 4) is 6.07 Å². The minimum atomic E-state index is 0.113. The molecule has 1 rings (SSSR count). The quantitative estimate of drug-likeness (QED) is 0.473. The van der Waals surface area contributed by atoms with Crippen LogP contribution in [0, 0.1) is 34.0 Å². The number of hydrogen-bond donors (Lipinski definition) is 0. The lowest BCUT2D eigenvalue weighted by molar-refractivity contribution is 0.174. The van der Waals surface area contributed by atoms with Crippen molar-refractivity contribution in [1.82, 2.24) is 0 Å². The molecule has 0 radical (unpaired) electrons. The summed E-state index contributed by atoms with van der Waals surface area (Å²) in [5.41, 5.74) is 2.25. The monoisotopic (exact) mass is 217 g/mol. The molecule has 0 aromatic heterocycles. The van der Waals surface area contributed by atoms with E-state index in [0.29, 0.717) is 11.5 Å². The molecule has 1 fully saturated rings. The fourth-order valence-corrected chi connectivity index (χ4v) is 3.35. The van der Waals surface area contributed by atoms with Crippen LogP contribution in [0.25, 0.3) is 0 Å². The molecule has 0 bridgehead atoms. The first kappa shape index (κ1) is 13.0. The van der Waals surface area contributed by atoms with Gasteiger partial charge in [-0.1, -0.05) is 53.3 Å². The van der Waals surface area contributed by atoms with Gasteiger partial charge in [0.1, 0.15) is 0 Å². The van der Waals surface area contributed by atoms with E-state index in [9.17, 15) is 0 Å². The molecule has 88 valence electrons. The van der Waals surface area contributed by atoms with E-state index in [1.165, 1.54) is 5.57 Å². The molecule has 0 heterocycles. The van der Waals surface area contributed by atoms with Gasteiger partial charge in [-0.15, -0.1) is 0 Å². The smallest absolute Gasteiger partial charge is 0.0944 e. The number of nitrogens with zero attached hydrogens (tertiary/aromatic N) is 1. The molecule has 1 heteroatoms. The average molecular weight is 217 g/mol. The van der Waals surface area contributed by atoms with Gasteiger partial charge in [-0.05, 0) is 23.2 Å². The molecule has 0 spiro atoms. The summed E-state index contributed by atoms with van der Waals surface area (Å²) in [5, 5.41) is 9.12. The summed E-state index contributed by atoms with van der Waals surface area (Å²) in [6.45, 7) is 19.3. The van der Waals surface area contributed by atoms with Gasteiger partial charge in [0.25, 0.3) is 0 Å². The van der Waals surface area contributed by atoms with Gasteiger partial charge < -0.3 is 0 Å². The fourth-order valence-electron chi connectivity index (χ4n) is 3.35. The first-order valence-corrected chi connectivity index (χ1v) is 5.88. The summed E-state index contributed by atoms with van der Waals surface area (Å²) in [5.74, 6) is 0.611. The minimum absolute atomic E-state index is 0.113. The highest BCUT2D eigenvalue weighted by Crippen LogP contribution is 2.57. The Morgan fingerprint density at radius 3 is 2.31 bits per heavy atom. The van der Waals surface area contributed by atoms with Crippen LogP contribution in [0.3, 0.4) is 0 Å². The first-order valence-electron chi connectivity index (χ1n) is 5.88. The van der Waals surface area contributed by atoms with E-state index in [1.807, 2.05) is 0 Å². The van der Waals surface area contributed by atoms with Gasteiger partial charge in [0.05, 0.1) is 6.07 Å². The lowest BCUT2D eigenvalue weighted by atomic mass is 9.66. The zero-order valence-electron chi connectivity index (χ0n) is 11.2. The Hall–Kier alpha value is -1.03. The summed E-state index contributed by atoms with van der Waals surface area (Å²) >= 11 is 0. The van der Waals surface area contributed by atoms with E-state index in [4.69, 9.17) is 5.26 Å². The van der Waals surface area contributed by atoms with E-state index in [-0.39, 0.29) is 16.7 Å². The Kier molecular flexibility index (Phi) is 3.07. The zero-order chi connectivity index (χ0) is 12.7. The van der Waals surface area contributed by atoms with E-state index >= 15 is 0 Å². The van der Waals surface area contributed by atoms with Crippen LogP contribution in [0.15, 0.2) is 24.3 Å². The maximum Gasteiger partial charge on any atom is 0.0944 e.